The van der Waals surface area contributed by atoms with E-state index in [0.717, 1.165) is 20.2 Å². The number of carboxylic acids is 1. The average molecular weight is 369 g/mol. The van der Waals surface area contributed by atoms with Crippen LogP contribution in [-0.4, -0.2) is 17.5 Å². The first-order valence-electron chi connectivity index (χ1n) is 7.29. The molecule has 0 saturated heterocycles. The molecule has 1 atom stereocenters. The van der Waals surface area contributed by atoms with Crippen LogP contribution >= 0.6 is 15.9 Å². The third kappa shape index (κ3) is 2.38. The Morgan fingerprint density at radius 2 is 2.04 bits per heavy atom. The predicted molar refractivity (Wildman–Crippen MR) is 90.4 cm³/mol. The summed E-state index contributed by atoms with van der Waals surface area (Å²) in [6, 6.07) is 13.3. The van der Waals surface area contributed by atoms with E-state index in [1.807, 2.05) is 30.5 Å². The number of nitrogens with one attached hydrogen (secondary N) is 2. The van der Waals surface area contributed by atoms with E-state index in [9.17, 15) is 9.90 Å². The first kappa shape index (κ1) is 14.2. The highest BCUT2D eigenvalue weighted by molar-refractivity contribution is 9.10. The Morgan fingerprint density at radius 3 is 2.87 bits per heavy atom. The minimum Gasteiger partial charge on any atom is -0.545 e. The van der Waals surface area contributed by atoms with E-state index in [1.54, 1.807) is 12.1 Å². The Bertz CT molecular complexity index is 1050. The van der Waals surface area contributed by atoms with Crippen molar-refractivity contribution in [3.63, 3.8) is 0 Å². The molecule has 0 aliphatic carbocycles. The number of aromatic amines is 1. The van der Waals surface area contributed by atoms with Gasteiger partial charge in [-0.15, -0.1) is 0 Å². The van der Waals surface area contributed by atoms with Crippen molar-refractivity contribution >= 4 is 50.8 Å². The van der Waals surface area contributed by atoms with Gasteiger partial charge in [-0.05, 0) is 24.3 Å². The second kappa shape index (κ2) is 5.37. The highest BCUT2D eigenvalue weighted by atomic mass is 79.9. The van der Waals surface area contributed by atoms with Crippen LogP contribution in [0.3, 0.4) is 0 Å². The number of carboxylic acid groups (broad SMARTS) is 1. The summed E-state index contributed by atoms with van der Waals surface area (Å²) < 4.78 is 0.848. The maximum Gasteiger partial charge on any atom is 0.146 e. The Hall–Kier alpha value is -2.37. The zero-order valence-corrected chi connectivity index (χ0v) is 13.7. The Balaban J connectivity index is 1.90. The van der Waals surface area contributed by atoms with E-state index in [-0.39, 0.29) is 5.56 Å². The first-order chi connectivity index (χ1) is 11.1. The van der Waals surface area contributed by atoms with Gasteiger partial charge in [0.05, 0.1) is 11.5 Å². The zero-order valence-electron chi connectivity index (χ0n) is 12.1. The number of quaternary nitrogens is 1. The number of aromatic carboxylic acids is 1. The molecule has 3 aromatic rings. The minimum atomic E-state index is -1.16. The van der Waals surface area contributed by atoms with Gasteiger partial charge in [-0.3, -0.25) is 4.90 Å². The molecule has 2 heterocycles. The monoisotopic (exact) mass is 368 g/mol. The van der Waals surface area contributed by atoms with Crippen molar-refractivity contribution in [2.45, 2.75) is 0 Å². The van der Waals surface area contributed by atoms with Crippen molar-refractivity contribution in [3.8, 4) is 0 Å². The van der Waals surface area contributed by atoms with Crippen molar-refractivity contribution in [1.29, 1.82) is 0 Å². The highest BCUT2D eigenvalue weighted by Gasteiger charge is 2.18. The van der Waals surface area contributed by atoms with Gasteiger partial charge < -0.3 is 14.9 Å². The van der Waals surface area contributed by atoms with Gasteiger partial charge in [0.2, 0.25) is 0 Å². The molecular formula is C18H13BrN2O2. The maximum atomic E-state index is 11.4. The summed E-state index contributed by atoms with van der Waals surface area (Å²) >= 11 is 3.41. The second-order valence-electron chi connectivity index (χ2n) is 5.55. The van der Waals surface area contributed by atoms with Crippen LogP contribution in [0.1, 0.15) is 10.4 Å². The van der Waals surface area contributed by atoms with Gasteiger partial charge in [0.1, 0.15) is 23.8 Å². The highest BCUT2D eigenvalue weighted by Crippen LogP contribution is 2.18. The van der Waals surface area contributed by atoms with Crippen LogP contribution in [-0.2, 0) is 0 Å². The molecule has 23 heavy (non-hydrogen) atoms. The summed E-state index contributed by atoms with van der Waals surface area (Å²) in [7, 11) is 0. The van der Waals surface area contributed by atoms with Crippen LogP contribution < -0.4 is 20.6 Å². The molecule has 0 spiro atoms. The maximum absolute atomic E-state index is 11.4. The number of H-pyrrole nitrogens is 1. The number of carbonyl (C=O) groups is 1. The normalized spacial score (nSPS) is 16.5. The van der Waals surface area contributed by atoms with Crippen molar-refractivity contribution < 1.29 is 14.8 Å². The van der Waals surface area contributed by atoms with Gasteiger partial charge in [-0.1, -0.05) is 34.1 Å². The largest absolute Gasteiger partial charge is 0.545 e. The van der Waals surface area contributed by atoms with Crippen LogP contribution in [0, 0.1) is 0 Å². The first-order valence-corrected chi connectivity index (χ1v) is 8.08. The van der Waals surface area contributed by atoms with Gasteiger partial charge in [0.15, 0.2) is 0 Å². The average Bonchev–Trinajstić information content (AvgIpc) is 2.92. The molecule has 2 aromatic carbocycles. The van der Waals surface area contributed by atoms with Crippen LogP contribution in [0.25, 0.3) is 23.2 Å². The zero-order chi connectivity index (χ0) is 16.0. The fourth-order valence-electron chi connectivity index (χ4n) is 3.11. The standard InChI is InChI=1S/C18H13BrN2O2/c19-11-5-6-14(18(22)23)17(9-11)21-8-7-13-12-3-1-2-4-15(12)20-16(13)10-21/h1-7,9-10,20H,8H2,(H,22,23). The number of rotatable bonds is 2. The van der Waals surface area contributed by atoms with E-state index in [1.165, 1.54) is 10.6 Å². The Kier molecular flexibility index (Phi) is 3.32. The number of carbonyl (C=O) groups excluding carboxylic acids is 1. The van der Waals surface area contributed by atoms with Gasteiger partial charge in [-0.2, -0.15) is 0 Å². The number of halogens is 1. The fraction of sp³-hybridized carbons (Fsp3) is 0.0556. The Labute approximate surface area is 140 Å². The summed E-state index contributed by atoms with van der Waals surface area (Å²) in [4.78, 5) is 15.7. The number of aromatic nitrogens is 1. The second-order valence-corrected chi connectivity index (χ2v) is 6.47. The van der Waals surface area contributed by atoms with Crippen molar-refractivity contribution in [1.82, 2.24) is 4.98 Å². The van der Waals surface area contributed by atoms with Crippen molar-refractivity contribution in [3.05, 3.63) is 63.1 Å². The lowest BCUT2D eigenvalue weighted by Gasteiger charge is -2.18. The van der Waals surface area contributed by atoms with Gasteiger partial charge >= 0.3 is 0 Å². The fourth-order valence-corrected chi connectivity index (χ4v) is 3.47. The van der Waals surface area contributed by atoms with Crippen LogP contribution in [0.2, 0.25) is 0 Å². The summed E-state index contributed by atoms with van der Waals surface area (Å²) in [5.41, 5.74) is 1.99. The van der Waals surface area contributed by atoms with Crippen molar-refractivity contribution in [2.24, 2.45) is 0 Å². The number of para-hydroxylation sites is 1. The number of hydrogen-bond acceptors (Lipinski definition) is 2. The molecule has 114 valence electrons. The van der Waals surface area contributed by atoms with Crippen molar-refractivity contribution in [2.75, 3.05) is 6.54 Å². The molecular weight excluding hydrogens is 356 g/mol. The molecule has 5 heteroatoms. The molecule has 1 aliphatic rings. The molecule has 4 rings (SSSR count). The third-order valence-corrected chi connectivity index (χ3v) is 4.66. The van der Waals surface area contributed by atoms with Crippen LogP contribution in [0.15, 0.2) is 46.9 Å². The number of hydrogen-bond donors (Lipinski definition) is 2. The lowest BCUT2D eigenvalue weighted by molar-refractivity contribution is -0.734. The van der Waals surface area contributed by atoms with Gasteiger partial charge in [-0.25, -0.2) is 0 Å². The van der Waals surface area contributed by atoms with E-state index < -0.39 is 5.97 Å². The molecule has 1 aliphatic heterocycles. The lowest BCUT2D eigenvalue weighted by Crippen LogP contribution is -3.03. The SMILES string of the molecule is O=C([O-])c1ccc(Br)cc1[NH+]1C=c2[nH]c3ccccc3c2=CC1. The summed E-state index contributed by atoms with van der Waals surface area (Å²) in [5.74, 6) is -1.16. The molecule has 0 saturated carbocycles. The molecule has 4 nitrogen and oxygen atoms in total. The van der Waals surface area contributed by atoms with E-state index in [4.69, 9.17) is 0 Å². The Morgan fingerprint density at radius 1 is 1.22 bits per heavy atom. The van der Waals surface area contributed by atoms with Crippen LogP contribution in [0.4, 0.5) is 5.69 Å². The smallest absolute Gasteiger partial charge is 0.146 e. The minimum absolute atomic E-state index is 0.215. The van der Waals surface area contributed by atoms with Gasteiger partial charge in [0.25, 0.3) is 0 Å². The quantitative estimate of drug-likeness (QED) is 0.671. The molecule has 0 amide bonds. The summed E-state index contributed by atoms with van der Waals surface area (Å²) in [5, 5.41) is 14.8. The molecule has 0 fully saturated rings. The number of benzene rings is 2. The third-order valence-electron chi connectivity index (χ3n) is 4.17. The molecule has 0 bridgehead atoms. The van der Waals surface area contributed by atoms with E-state index in [2.05, 4.69) is 33.1 Å². The molecule has 1 unspecified atom stereocenters. The van der Waals surface area contributed by atoms with E-state index >= 15 is 0 Å². The summed E-state index contributed by atoms with van der Waals surface area (Å²) in [6.07, 6.45) is 4.17. The molecule has 1 aromatic heterocycles. The topological polar surface area (TPSA) is 60.4 Å². The van der Waals surface area contributed by atoms with Crippen LogP contribution in [0.5, 0.6) is 0 Å². The number of fused-ring (bicyclic) bond motifs is 3. The molecule has 2 N–H and O–H groups in total. The van der Waals surface area contributed by atoms with E-state index in [0.29, 0.717) is 12.2 Å². The lowest BCUT2D eigenvalue weighted by atomic mass is 10.1. The van der Waals surface area contributed by atoms with Gasteiger partial charge in [0, 0.05) is 26.7 Å². The summed E-state index contributed by atoms with van der Waals surface area (Å²) in [6.45, 7) is 0.686. The molecule has 0 radical (unpaired) electrons. The predicted octanol–water partition coefficient (Wildman–Crippen LogP) is 0.0426.